The highest BCUT2D eigenvalue weighted by molar-refractivity contribution is 7.89. The number of sulfonamides is 1. The first kappa shape index (κ1) is 21.7. The van der Waals surface area contributed by atoms with Crippen LogP contribution in [0.3, 0.4) is 0 Å². The smallest absolute Gasteiger partial charge is 0.244 e. The van der Waals surface area contributed by atoms with E-state index in [0.29, 0.717) is 18.7 Å². The Morgan fingerprint density at radius 1 is 1.19 bits per heavy atom. The average molecular weight is 459 g/mol. The Labute approximate surface area is 186 Å². The van der Waals surface area contributed by atoms with Gasteiger partial charge in [-0.2, -0.15) is 4.31 Å². The van der Waals surface area contributed by atoms with Crippen molar-refractivity contribution in [3.8, 4) is 0 Å². The molecule has 0 unspecified atom stereocenters. The molecule has 31 heavy (non-hydrogen) atoms. The lowest BCUT2D eigenvalue weighted by molar-refractivity contribution is -0.116. The van der Waals surface area contributed by atoms with Gasteiger partial charge in [0.2, 0.25) is 15.9 Å². The van der Waals surface area contributed by atoms with E-state index in [1.165, 1.54) is 6.08 Å². The Hall–Kier alpha value is -2.49. The third kappa shape index (κ3) is 4.58. The van der Waals surface area contributed by atoms with Crippen molar-refractivity contribution in [1.82, 2.24) is 19.0 Å². The Morgan fingerprint density at radius 3 is 2.71 bits per heavy atom. The number of amides is 1. The van der Waals surface area contributed by atoms with Crippen molar-refractivity contribution >= 4 is 38.3 Å². The third-order valence-electron chi connectivity index (χ3n) is 5.41. The zero-order valence-electron chi connectivity index (χ0n) is 17.7. The summed E-state index contributed by atoms with van der Waals surface area (Å²) in [4.78, 5) is 19.3. The van der Waals surface area contributed by atoms with Gasteiger partial charge in [0.15, 0.2) is 4.96 Å². The van der Waals surface area contributed by atoms with Crippen LogP contribution >= 0.6 is 11.3 Å². The summed E-state index contributed by atoms with van der Waals surface area (Å²) in [5.41, 5.74) is 2.31. The molecule has 0 aliphatic carbocycles. The van der Waals surface area contributed by atoms with Crippen LogP contribution in [-0.2, 0) is 21.4 Å². The quantitative estimate of drug-likeness (QED) is 0.573. The highest BCUT2D eigenvalue weighted by Crippen LogP contribution is 2.24. The SMILES string of the molecule is Cc1cn2c(/C=C/C(=O)NCc3ccccc3S(=O)(=O)N3CCCCC3)c(C)nc2s1. The molecule has 1 aliphatic heterocycles. The van der Waals surface area contributed by atoms with Crippen LogP contribution in [0.1, 0.15) is 41.1 Å². The number of hydrogen-bond acceptors (Lipinski definition) is 5. The fourth-order valence-corrected chi connectivity index (χ4v) is 6.44. The predicted octanol–water partition coefficient (Wildman–Crippen LogP) is 3.52. The fraction of sp³-hybridized carbons (Fsp3) is 0.364. The Balaban J connectivity index is 1.47. The molecular weight excluding hydrogens is 432 g/mol. The van der Waals surface area contributed by atoms with Gasteiger partial charge in [0.25, 0.3) is 0 Å². The number of hydrogen-bond donors (Lipinski definition) is 1. The molecular formula is C22H26N4O3S2. The second-order valence-electron chi connectivity index (χ2n) is 7.70. The fourth-order valence-electron chi connectivity index (χ4n) is 3.82. The number of rotatable bonds is 6. The van der Waals surface area contributed by atoms with Gasteiger partial charge in [0, 0.05) is 36.8 Å². The Bertz CT molecular complexity index is 1230. The minimum atomic E-state index is -3.56. The topological polar surface area (TPSA) is 83.8 Å². The number of carbonyl (C=O) groups excluding carboxylic acids is 1. The second kappa shape index (κ2) is 8.94. The number of imidazole rings is 1. The number of aryl methyl sites for hydroxylation is 2. The molecule has 0 atom stereocenters. The van der Waals surface area contributed by atoms with E-state index in [1.807, 2.05) is 24.4 Å². The number of benzene rings is 1. The molecule has 0 saturated carbocycles. The highest BCUT2D eigenvalue weighted by atomic mass is 32.2. The van der Waals surface area contributed by atoms with Gasteiger partial charge in [-0.1, -0.05) is 24.6 Å². The Kier molecular flexibility index (Phi) is 6.27. The molecule has 2 aromatic heterocycles. The van der Waals surface area contributed by atoms with Gasteiger partial charge in [0.05, 0.1) is 16.3 Å². The zero-order chi connectivity index (χ0) is 22.0. The van der Waals surface area contributed by atoms with Crippen molar-refractivity contribution < 1.29 is 13.2 Å². The summed E-state index contributed by atoms with van der Waals surface area (Å²) < 4.78 is 29.7. The minimum Gasteiger partial charge on any atom is -0.348 e. The van der Waals surface area contributed by atoms with E-state index in [-0.39, 0.29) is 17.3 Å². The lowest BCUT2D eigenvalue weighted by Crippen LogP contribution is -2.36. The minimum absolute atomic E-state index is 0.144. The van der Waals surface area contributed by atoms with Crippen LogP contribution in [0.2, 0.25) is 0 Å². The van der Waals surface area contributed by atoms with Gasteiger partial charge in [-0.15, -0.1) is 11.3 Å². The third-order valence-corrected chi connectivity index (χ3v) is 8.31. The first-order valence-corrected chi connectivity index (χ1v) is 12.6. The van der Waals surface area contributed by atoms with Gasteiger partial charge in [-0.3, -0.25) is 9.20 Å². The Morgan fingerprint density at radius 2 is 1.94 bits per heavy atom. The molecule has 3 heterocycles. The van der Waals surface area contributed by atoms with E-state index >= 15 is 0 Å². The standard InChI is InChI=1S/C22H26N4O3S2/c1-16-15-26-19(17(2)24-22(26)30-16)10-11-21(27)23-14-18-8-4-5-9-20(18)31(28,29)25-12-6-3-7-13-25/h4-5,8-11,15H,3,6-7,12-14H2,1-2H3,(H,23,27)/b11-10+. The van der Waals surface area contributed by atoms with Crippen LogP contribution in [-0.4, -0.2) is 41.1 Å². The molecule has 7 nitrogen and oxygen atoms in total. The molecule has 164 valence electrons. The van der Waals surface area contributed by atoms with Crippen molar-refractivity contribution in [3.05, 3.63) is 58.4 Å². The van der Waals surface area contributed by atoms with Gasteiger partial charge in [-0.25, -0.2) is 13.4 Å². The first-order valence-electron chi connectivity index (χ1n) is 10.4. The van der Waals surface area contributed by atoms with Crippen LogP contribution < -0.4 is 5.32 Å². The molecule has 1 saturated heterocycles. The normalized spacial score (nSPS) is 15.7. The van der Waals surface area contributed by atoms with E-state index in [0.717, 1.165) is 40.5 Å². The number of carbonyl (C=O) groups is 1. The maximum atomic E-state index is 13.1. The average Bonchev–Trinajstić information content (AvgIpc) is 3.26. The molecule has 1 N–H and O–H groups in total. The maximum Gasteiger partial charge on any atom is 0.244 e. The number of aromatic nitrogens is 2. The van der Waals surface area contributed by atoms with Crippen LogP contribution in [0.25, 0.3) is 11.0 Å². The summed E-state index contributed by atoms with van der Waals surface area (Å²) in [6, 6.07) is 6.88. The summed E-state index contributed by atoms with van der Waals surface area (Å²) in [7, 11) is -3.56. The number of nitrogens with zero attached hydrogens (tertiary/aromatic N) is 3. The summed E-state index contributed by atoms with van der Waals surface area (Å²) in [5.74, 6) is -0.286. The van der Waals surface area contributed by atoms with Gasteiger partial charge in [-0.05, 0) is 44.4 Å². The van der Waals surface area contributed by atoms with Crippen molar-refractivity contribution in [2.24, 2.45) is 0 Å². The molecule has 9 heteroatoms. The number of thiazole rings is 1. The monoisotopic (exact) mass is 458 g/mol. The van der Waals surface area contributed by atoms with Gasteiger partial charge in [0.1, 0.15) is 0 Å². The van der Waals surface area contributed by atoms with E-state index < -0.39 is 10.0 Å². The van der Waals surface area contributed by atoms with Crippen molar-refractivity contribution in [1.29, 1.82) is 0 Å². The van der Waals surface area contributed by atoms with E-state index in [9.17, 15) is 13.2 Å². The number of piperidine rings is 1. The molecule has 0 bridgehead atoms. The first-order chi connectivity index (χ1) is 14.9. The second-order valence-corrected chi connectivity index (χ2v) is 10.8. The predicted molar refractivity (Wildman–Crippen MR) is 122 cm³/mol. The molecule has 0 spiro atoms. The van der Waals surface area contributed by atoms with E-state index in [2.05, 4.69) is 10.3 Å². The lowest BCUT2D eigenvalue weighted by atomic mass is 10.2. The van der Waals surface area contributed by atoms with E-state index in [4.69, 9.17) is 0 Å². The molecule has 4 rings (SSSR count). The molecule has 1 aromatic carbocycles. The zero-order valence-corrected chi connectivity index (χ0v) is 19.3. The summed E-state index contributed by atoms with van der Waals surface area (Å²) >= 11 is 1.60. The molecule has 0 radical (unpaired) electrons. The molecule has 1 fully saturated rings. The largest absolute Gasteiger partial charge is 0.348 e. The summed E-state index contributed by atoms with van der Waals surface area (Å²) in [5, 5.41) is 2.81. The lowest BCUT2D eigenvalue weighted by Gasteiger charge is -2.26. The maximum absolute atomic E-state index is 13.1. The number of fused-ring (bicyclic) bond motifs is 1. The van der Waals surface area contributed by atoms with Gasteiger partial charge < -0.3 is 5.32 Å². The van der Waals surface area contributed by atoms with Crippen LogP contribution in [0.5, 0.6) is 0 Å². The van der Waals surface area contributed by atoms with Crippen molar-refractivity contribution in [2.45, 2.75) is 44.6 Å². The number of nitrogens with one attached hydrogen (secondary N) is 1. The van der Waals surface area contributed by atoms with Crippen LogP contribution in [0.15, 0.2) is 41.4 Å². The molecule has 1 aliphatic rings. The highest BCUT2D eigenvalue weighted by Gasteiger charge is 2.27. The van der Waals surface area contributed by atoms with Crippen molar-refractivity contribution in [3.63, 3.8) is 0 Å². The summed E-state index contributed by atoms with van der Waals surface area (Å²) in [6.45, 7) is 5.17. The van der Waals surface area contributed by atoms with Crippen LogP contribution in [0, 0.1) is 13.8 Å². The van der Waals surface area contributed by atoms with Gasteiger partial charge >= 0.3 is 0 Å². The molecule has 3 aromatic rings. The van der Waals surface area contributed by atoms with Crippen LogP contribution in [0.4, 0.5) is 0 Å². The summed E-state index contributed by atoms with van der Waals surface area (Å²) in [6.07, 6.45) is 8.03. The van der Waals surface area contributed by atoms with Crippen molar-refractivity contribution in [2.75, 3.05) is 13.1 Å². The van der Waals surface area contributed by atoms with E-state index in [1.54, 1.807) is 46.0 Å². The molecule has 1 amide bonds.